The van der Waals surface area contributed by atoms with Gasteiger partial charge in [0.15, 0.2) is 0 Å². The predicted molar refractivity (Wildman–Crippen MR) is 102 cm³/mol. The van der Waals surface area contributed by atoms with Crippen LogP contribution in [0, 0.1) is 25.2 Å². The van der Waals surface area contributed by atoms with Crippen LogP contribution in [0.3, 0.4) is 0 Å². The predicted octanol–water partition coefficient (Wildman–Crippen LogP) is 3.52. The van der Waals surface area contributed by atoms with E-state index in [1.54, 1.807) is 0 Å². The number of fused-ring (bicyclic) bond motifs is 1. The molecular weight excluding hydrogens is 324 g/mol. The Labute approximate surface area is 152 Å². The fourth-order valence-electron chi connectivity index (χ4n) is 3.25. The number of hydrogen-bond donors (Lipinski definition) is 1. The lowest BCUT2D eigenvalue weighted by Gasteiger charge is -2.22. The van der Waals surface area contributed by atoms with Crippen LogP contribution < -0.4 is 5.56 Å². The van der Waals surface area contributed by atoms with E-state index in [-0.39, 0.29) is 5.56 Å². The van der Waals surface area contributed by atoms with Crippen LogP contribution >= 0.6 is 0 Å². The summed E-state index contributed by atoms with van der Waals surface area (Å²) in [6.07, 6.45) is 1.10. The first-order valence-electron chi connectivity index (χ1n) is 8.73. The molecule has 0 bridgehead atoms. The summed E-state index contributed by atoms with van der Waals surface area (Å²) in [5.74, 6) is 0.654. The molecule has 26 heavy (non-hydrogen) atoms. The number of H-pyrrole nitrogens is 1. The molecular formula is C21H22N4O. The van der Waals surface area contributed by atoms with Crippen molar-refractivity contribution in [3.63, 3.8) is 0 Å². The van der Waals surface area contributed by atoms with Crippen LogP contribution in [0.15, 0.2) is 35.1 Å². The summed E-state index contributed by atoms with van der Waals surface area (Å²) in [7, 11) is 0. The van der Waals surface area contributed by atoms with E-state index in [0.717, 1.165) is 33.4 Å². The fourth-order valence-corrected chi connectivity index (χ4v) is 3.25. The van der Waals surface area contributed by atoms with Gasteiger partial charge in [0.2, 0.25) is 0 Å². The van der Waals surface area contributed by atoms with Crippen LogP contribution in [-0.2, 0) is 18.3 Å². The van der Waals surface area contributed by atoms with Gasteiger partial charge in [0, 0.05) is 28.9 Å². The molecule has 1 N–H and O–H groups in total. The van der Waals surface area contributed by atoms with Gasteiger partial charge in [-0.05, 0) is 56.3 Å². The Morgan fingerprint density at radius 1 is 1.15 bits per heavy atom. The summed E-state index contributed by atoms with van der Waals surface area (Å²) in [5.41, 5.74) is 3.27. The number of aromatic amines is 1. The van der Waals surface area contributed by atoms with Crippen LogP contribution in [-0.4, -0.2) is 15.0 Å². The second-order valence-electron chi connectivity index (χ2n) is 6.97. The average molecular weight is 346 g/mol. The molecule has 0 aliphatic rings. The highest BCUT2D eigenvalue weighted by atomic mass is 16.1. The number of pyridine rings is 1. The van der Waals surface area contributed by atoms with Crippen molar-refractivity contribution in [3.8, 4) is 6.07 Å². The third-order valence-electron chi connectivity index (χ3n) is 4.73. The van der Waals surface area contributed by atoms with Crippen molar-refractivity contribution < 1.29 is 0 Å². The molecule has 3 aromatic rings. The third-order valence-corrected chi connectivity index (χ3v) is 4.73. The Kier molecular flexibility index (Phi) is 4.60. The van der Waals surface area contributed by atoms with E-state index in [9.17, 15) is 10.1 Å². The molecule has 3 rings (SSSR count). The molecule has 5 heteroatoms. The molecule has 2 heterocycles. The molecule has 0 radical (unpaired) electrons. The molecule has 0 saturated carbocycles. The first-order valence-corrected chi connectivity index (χ1v) is 8.73. The minimum absolute atomic E-state index is 0.0755. The molecule has 1 unspecified atom stereocenters. The lowest BCUT2D eigenvalue weighted by Crippen LogP contribution is -2.24. The van der Waals surface area contributed by atoms with Gasteiger partial charge in [-0.25, -0.2) is 9.97 Å². The van der Waals surface area contributed by atoms with E-state index >= 15 is 0 Å². The van der Waals surface area contributed by atoms with Gasteiger partial charge in [-0.3, -0.25) is 4.79 Å². The Morgan fingerprint density at radius 3 is 2.46 bits per heavy atom. The summed E-state index contributed by atoms with van der Waals surface area (Å²) in [5, 5.41) is 10.8. The van der Waals surface area contributed by atoms with E-state index in [0.29, 0.717) is 18.7 Å². The van der Waals surface area contributed by atoms with Crippen molar-refractivity contribution >= 4 is 10.9 Å². The normalized spacial score (nSPS) is 13.3. The van der Waals surface area contributed by atoms with Crippen LogP contribution in [0.1, 0.15) is 42.2 Å². The first kappa shape index (κ1) is 17.8. The minimum atomic E-state index is -0.783. The Morgan fingerprint density at radius 2 is 1.85 bits per heavy atom. The van der Waals surface area contributed by atoms with Crippen molar-refractivity contribution in [1.29, 1.82) is 5.26 Å². The number of nitrogens with zero attached hydrogens (tertiary/aromatic N) is 3. The highest BCUT2D eigenvalue weighted by Crippen LogP contribution is 2.29. The lowest BCUT2D eigenvalue weighted by molar-refractivity contribution is 0.582. The van der Waals surface area contributed by atoms with Crippen LogP contribution in [0.2, 0.25) is 0 Å². The van der Waals surface area contributed by atoms with Crippen molar-refractivity contribution in [1.82, 2.24) is 15.0 Å². The zero-order valence-electron chi connectivity index (χ0n) is 15.6. The highest BCUT2D eigenvalue weighted by molar-refractivity contribution is 5.80. The van der Waals surface area contributed by atoms with Gasteiger partial charge in [-0.1, -0.05) is 19.1 Å². The van der Waals surface area contributed by atoms with Crippen molar-refractivity contribution in [3.05, 3.63) is 69.0 Å². The smallest absolute Gasteiger partial charge is 0.251 e. The topological polar surface area (TPSA) is 82.4 Å². The van der Waals surface area contributed by atoms with Crippen LogP contribution in [0.4, 0.5) is 0 Å². The van der Waals surface area contributed by atoms with Gasteiger partial charge in [-0.15, -0.1) is 0 Å². The van der Waals surface area contributed by atoms with Crippen molar-refractivity contribution in [2.75, 3.05) is 0 Å². The standard InChI is InChI=1S/C21H22N4O/c1-5-15-9-16-6-7-17(10-18(16)25-20(15)26)21(4,12-22)11-19-23-13(2)8-14(3)24-19/h6-10H,5,11H2,1-4H3,(H,25,26). The second kappa shape index (κ2) is 6.72. The average Bonchev–Trinajstić information content (AvgIpc) is 2.59. The SMILES string of the molecule is CCc1cc2ccc(C(C)(C#N)Cc3nc(C)cc(C)n3)cc2[nH]c1=O. The van der Waals surface area contributed by atoms with Gasteiger partial charge in [-0.2, -0.15) is 5.26 Å². The van der Waals surface area contributed by atoms with Gasteiger partial charge in [0.05, 0.1) is 11.5 Å². The molecule has 0 saturated heterocycles. The van der Waals surface area contributed by atoms with E-state index in [1.165, 1.54) is 0 Å². The van der Waals surface area contributed by atoms with Crippen LogP contribution in [0.25, 0.3) is 10.9 Å². The maximum Gasteiger partial charge on any atom is 0.251 e. The number of nitrogens with one attached hydrogen (secondary N) is 1. The van der Waals surface area contributed by atoms with Gasteiger partial charge >= 0.3 is 0 Å². The molecule has 1 atom stereocenters. The highest BCUT2D eigenvalue weighted by Gasteiger charge is 2.29. The molecule has 5 nitrogen and oxygen atoms in total. The molecule has 0 spiro atoms. The molecule has 0 aliphatic heterocycles. The maximum absolute atomic E-state index is 12.1. The molecule has 0 amide bonds. The zero-order valence-corrected chi connectivity index (χ0v) is 15.6. The number of nitriles is 1. The van der Waals surface area contributed by atoms with Gasteiger partial charge in [0.1, 0.15) is 5.82 Å². The first-order chi connectivity index (χ1) is 12.3. The number of hydrogen-bond acceptors (Lipinski definition) is 4. The molecule has 0 aliphatic carbocycles. The maximum atomic E-state index is 12.1. The lowest BCUT2D eigenvalue weighted by atomic mass is 9.80. The summed E-state index contributed by atoms with van der Waals surface area (Å²) < 4.78 is 0. The summed E-state index contributed by atoms with van der Waals surface area (Å²) >= 11 is 0. The van der Waals surface area contributed by atoms with E-state index in [2.05, 4.69) is 21.0 Å². The van der Waals surface area contributed by atoms with Crippen molar-refractivity contribution in [2.24, 2.45) is 0 Å². The summed E-state index contributed by atoms with van der Waals surface area (Å²) in [6.45, 7) is 7.69. The second-order valence-corrected chi connectivity index (χ2v) is 6.97. The Hall–Kier alpha value is -3.00. The van der Waals surface area contributed by atoms with Gasteiger partial charge in [0.25, 0.3) is 5.56 Å². The van der Waals surface area contributed by atoms with Gasteiger partial charge < -0.3 is 4.98 Å². The largest absolute Gasteiger partial charge is 0.322 e. The molecule has 0 fully saturated rings. The van der Waals surface area contributed by atoms with E-state index < -0.39 is 5.41 Å². The molecule has 132 valence electrons. The molecule has 2 aromatic heterocycles. The zero-order chi connectivity index (χ0) is 18.9. The quantitative estimate of drug-likeness (QED) is 0.783. The Balaban J connectivity index is 2.06. The summed E-state index contributed by atoms with van der Waals surface area (Å²) in [6, 6.07) is 12.0. The minimum Gasteiger partial charge on any atom is -0.322 e. The van der Waals surface area contributed by atoms with E-state index in [1.807, 2.05) is 58.0 Å². The number of aryl methyl sites for hydroxylation is 3. The number of rotatable bonds is 4. The Bertz CT molecular complexity index is 1060. The van der Waals surface area contributed by atoms with Crippen LogP contribution in [0.5, 0.6) is 0 Å². The number of aromatic nitrogens is 3. The van der Waals surface area contributed by atoms with Crippen molar-refractivity contribution in [2.45, 2.75) is 46.0 Å². The summed E-state index contributed by atoms with van der Waals surface area (Å²) in [4.78, 5) is 24.0. The molecule has 1 aromatic carbocycles. The number of benzene rings is 1. The third kappa shape index (κ3) is 3.36. The fraction of sp³-hybridized carbons (Fsp3) is 0.333. The monoisotopic (exact) mass is 346 g/mol. The van der Waals surface area contributed by atoms with E-state index in [4.69, 9.17) is 0 Å².